The van der Waals surface area contributed by atoms with Crippen molar-refractivity contribution in [2.75, 3.05) is 0 Å². The molecule has 2 nitrogen and oxygen atoms in total. The molecule has 2 aromatic rings. The SMILES string of the molecule is Cc1cc(C)c(C(=O)C[n+]2cccc(Br)c2)c(C)c1.[Br-]. The number of rotatable bonds is 3. The van der Waals surface area contributed by atoms with E-state index in [0.717, 1.165) is 21.2 Å². The van der Waals surface area contributed by atoms with Gasteiger partial charge in [-0.15, -0.1) is 0 Å². The fourth-order valence-corrected chi connectivity index (χ4v) is 2.87. The summed E-state index contributed by atoms with van der Waals surface area (Å²) in [7, 11) is 0. The van der Waals surface area contributed by atoms with E-state index >= 15 is 0 Å². The Morgan fingerprint density at radius 3 is 2.35 bits per heavy atom. The monoisotopic (exact) mass is 397 g/mol. The van der Waals surface area contributed by atoms with E-state index < -0.39 is 0 Å². The first kappa shape index (κ1) is 17.1. The lowest BCUT2D eigenvalue weighted by atomic mass is 9.96. The van der Waals surface area contributed by atoms with Crippen LogP contribution in [0.25, 0.3) is 0 Å². The number of hydrogen-bond acceptors (Lipinski definition) is 1. The van der Waals surface area contributed by atoms with Crippen molar-refractivity contribution in [3.63, 3.8) is 0 Å². The molecule has 0 fully saturated rings. The van der Waals surface area contributed by atoms with Gasteiger partial charge in [-0.25, -0.2) is 0 Å². The Balaban J connectivity index is 0.00000200. The summed E-state index contributed by atoms with van der Waals surface area (Å²) < 4.78 is 2.87. The second kappa shape index (κ2) is 7.14. The van der Waals surface area contributed by atoms with E-state index in [9.17, 15) is 4.79 Å². The maximum absolute atomic E-state index is 12.4. The van der Waals surface area contributed by atoms with Crippen LogP contribution >= 0.6 is 15.9 Å². The summed E-state index contributed by atoms with van der Waals surface area (Å²) in [6, 6.07) is 7.99. The van der Waals surface area contributed by atoms with Gasteiger partial charge in [0.05, 0.1) is 4.47 Å². The van der Waals surface area contributed by atoms with Crippen molar-refractivity contribution in [1.29, 1.82) is 0 Å². The van der Waals surface area contributed by atoms with Crippen LogP contribution in [0.2, 0.25) is 0 Å². The molecule has 0 aliphatic carbocycles. The topological polar surface area (TPSA) is 20.9 Å². The Labute approximate surface area is 138 Å². The van der Waals surface area contributed by atoms with Crippen molar-refractivity contribution >= 4 is 21.7 Å². The van der Waals surface area contributed by atoms with E-state index in [1.54, 1.807) is 0 Å². The summed E-state index contributed by atoms with van der Waals surface area (Å²) in [5.41, 5.74) is 4.15. The fraction of sp³-hybridized carbons (Fsp3) is 0.250. The van der Waals surface area contributed by atoms with Gasteiger partial charge in [0.2, 0.25) is 12.3 Å². The average Bonchev–Trinajstić information content (AvgIpc) is 2.27. The zero-order valence-corrected chi connectivity index (χ0v) is 15.0. The second-order valence-electron chi connectivity index (χ2n) is 4.89. The fourth-order valence-electron chi connectivity index (χ4n) is 2.45. The minimum absolute atomic E-state index is 0. The maximum Gasteiger partial charge on any atom is 0.228 e. The first-order valence-electron chi connectivity index (χ1n) is 6.23. The van der Waals surface area contributed by atoms with Crippen molar-refractivity contribution in [1.82, 2.24) is 0 Å². The van der Waals surface area contributed by atoms with Gasteiger partial charge in [-0.3, -0.25) is 4.79 Å². The smallest absolute Gasteiger partial charge is 0.228 e. The molecule has 106 valence electrons. The lowest BCUT2D eigenvalue weighted by molar-refractivity contribution is -0.683. The average molecular weight is 399 g/mol. The van der Waals surface area contributed by atoms with Crippen molar-refractivity contribution in [2.45, 2.75) is 27.3 Å². The van der Waals surface area contributed by atoms with E-state index in [0.29, 0.717) is 6.54 Å². The van der Waals surface area contributed by atoms with Crippen LogP contribution < -0.4 is 21.5 Å². The van der Waals surface area contributed by atoms with Gasteiger partial charge >= 0.3 is 0 Å². The number of aryl methyl sites for hydroxylation is 3. The molecule has 0 aliphatic heterocycles. The maximum atomic E-state index is 12.4. The molecule has 1 aromatic carbocycles. The molecule has 0 aliphatic rings. The van der Waals surface area contributed by atoms with Gasteiger partial charge in [-0.05, 0) is 53.9 Å². The van der Waals surface area contributed by atoms with E-state index in [1.165, 1.54) is 5.56 Å². The molecule has 1 aromatic heterocycles. The second-order valence-corrected chi connectivity index (χ2v) is 5.81. The van der Waals surface area contributed by atoms with Crippen LogP contribution in [0.1, 0.15) is 27.0 Å². The molecule has 0 saturated heterocycles. The Bertz CT molecular complexity index is 615. The van der Waals surface area contributed by atoms with Gasteiger partial charge < -0.3 is 17.0 Å². The van der Waals surface area contributed by atoms with Gasteiger partial charge in [-0.1, -0.05) is 17.7 Å². The minimum atomic E-state index is 0. The summed E-state index contributed by atoms with van der Waals surface area (Å²) in [6.45, 7) is 6.42. The highest BCUT2D eigenvalue weighted by atomic mass is 79.9. The van der Waals surface area contributed by atoms with Crippen molar-refractivity contribution in [3.8, 4) is 0 Å². The van der Waals surface area contributed by atoms with Crippen molar-refractivity contribution < 1.29 is 26.3 Å². The van der Waals surface area contributed by atoms with Crippen LogP contribution in [0.3, 0.4) is 0 Å². The first-order valence-corrected chi connectivity index (χ1v) is 7.02. The number of Topliss-reactive ketones (excluding diaryl/α,β-unsaturated/α-hetero) is 1. The summed E-state index contributed by atoms with van der Waals surface area (Å²) >= 11 is 3.41. The number of aromatic nitrogens is 1. The summed E-state index contributed by atoms with van der Waals surface area (Å²) in [4.78, 5) is 12.4. The minimum Gasteiger partial charge on any atom is -1.00 e. The lowest BCUT2D eigenvalue weighted by Gasteiger charge is -2.08. The number of hydrogen-bond donors (Lipinski definition) is 0. The molecule has 0 atom stereocenters. The zero-order chi connectivity index (χ0) is 14.0. The van der Waals surface area contributed by atoms with Gasteiger partial charge in [-0.2, -0.15) is 4.57 Å². The molecule has 0 bridgehead atoms. The lowest BCUT2D eigenvalue weighted by Crippen LogP contribution is -3.00. The highest BCUT2D eigenvalue weighted by molar-refractivity contribution is 9.10. The van der Waals surface area contributed by atoms with Gasteiger partial charge in [0.25, 0.3) is 0 Å². The quantitative estimate of drug-likeness (QED) is 0.546. The highest BCUT2D eigenvalue weighted by Crippen LogP contribution is 2.17. The molecule has 0 amide bonds. The third-order valence-electron chi connectivity index (χ3n) is 3.10. The molecule has 20 heavy (non-hydrogen) atoms. The van der Waals surface area contributed by atoms with Crippen LogP contribution in [-0.4, -0.2) is 5.78 Å². The van der Waals surface area contributed by atoms with Crippen LogP contribution in [0.4, 0.5) is 0 Å². The van der Waals surface area contributed by atoms with Gasteiger partial charge in [0, 0.05) is 11.6 Å². The number of carbonyl (C=O) groups is 1. The molecule has 2 rings (SSSR count). The predicted octanol–water partition coefficient (Wildman–Crippen LogP) is 0.549. The Kier molecular flexibility index (Phi) is 6.08. The number of carbonyl (C=O) groups excluding carboxylic acids is 1. The summed E-state index contributed by atoms with van der Waals surface area (Å²) in [5.74, 6) is 0.151. The van der Waals surface area contributed by atoms with E-state index in [-0.39, 0.29) is 22.8 Å². The number of halogens is 2. The number of ketones is 1. The number of benzene rings is 1. The molecule has 0 spiro atoms. The van der Waals surface area contributed by atoms with E-state index in [2.05, 4.69) is 35.0 Å². The Hall–Kier alpha value is -1.000. The largest absolute Gasteiger partial charge is 1.00 e. The third-order valence-corrected chi connectivity index (χ3v) is 3.57. The van der Waals surface area contributed by atoms with Crippen LogP contribution in [0.15, 0.2) is 41.1 Å². The molecule has 0 unspecified atom stereocenters. The number of pyridine rings is 1. The van der Waals surface area contributed by atoms with E-state index in [4.69, 9.17) is 0 Å². The van der Waals surface area contributed by atoms with Crippen LogP contribution in [0.5, 0.6) is 0 Å². The summed E-state index contributed by atoms with van der Waals surface area (Å²) in [5, 5.41) is 0. The van der Waals surface area contributed by atoms with Crippen molar-refractivity contribution in [3.05, 3.63) is 63.4 Å². The molecule has 0 saturated carbocycles. The van der Waals surface area contributed by atoms with Crippen LogP contribution in [0, 0.1) is 20.8 Å². The molecule has 0 radical (unpaired) electrons. The molecule has 0 N–H and O–H groups in total. The third kappa shape index (κ3) is 4.00. The Morgan fingerprint density at radius 1 is 1.20 bits per heavy atom. The molecule has 4 heteroatoms. The van der Waals surface area contributed by atoms with Gasteiger partial charge in [0.15, 0.2) is 12.4 Å². The number of nitrogens with zero attached hydrogens (tertiary/aromatic N) is 1. The van der Waals surface area contributed by atoms with Crippen molar-refractivity contribution in [2.24, 2.45) is 0 Å². The van der Waals surface area contributed by atoms with Gasteiger partial charge in [0.1, 0.15) is 0 Å². The predicted molar refractivity (Wildman–Crippen MR) is 79.3 cm³/mol. The Morgan fingerprint density at radius 2 is 1.80 bits per heavy atom. The zero-order valence-electron chi connectivity index (χ0n) is 11.8. The summed E-state index contributed by atoms with van der Waals surface area (Å²) in [6.07, 6.45) is 3.82. The highest BCUT2D eigenvalue weighted by Gasteiger charge is 2.17. The molecule has 1 heterocycles. The molecular weight excluding hydrogens is 382 g/mol. The van der Waals surface area contributed by atoms with Crippen LogP contribution in [-0.2, 0) is 6.54 Å². The molecular formula is C16H17Br2NO. The van der Waals surface area contributed by atoms with E-state index in [1.807, 2.05) is 42.9 Å². The standard InChI is InChI=1S/C16H17BrNO.BrH/c1-11-7-12(2)16(13(3)8-11)15(19)10-18-6-4-5-14(17)9-18;/h4-9H,10H2,1-3H3;1H/q+1;/p-1. The normalized spacial score (nSPS) is 10.0. The first-order chi connectivity index (χ1) is 8.97.